The molecule has 4 rings (SSSR count). The van der Waals surface area contributed by atoms with Crippen molar-refractivity contribution >= 4 is 16.9 Å². The summed E-state index contributed by atoms with van der Waals surface area (Å²) in [5.41, 5.74) is 7.53. The second-order valence-corrected chi connectivity index (χ2v) is 5.70. The van der Waals surface area contributed by atoms with Crippen LogP contribution in [-0.4, -0.2) is 30.9 Å². The highest BCUT2D eigenvalue weighted by molar-refractivity contribution is 5.90. The Morgan fingerprint density at radius 2 is 2.13 bits per heavy atom. The van der Waals surface area contributed by atoms with Crippen LogP contribution in [-0.2, 0) is 0 Å². The van der Waals surface area contributed by atoms with Crippen LogP contribution in [0.5, 0.6) is 11.8 Å². The summed E-state index contributed by atoms with van der Waals surface area (Å²) in [5, 5.41) is 4.96. The van der Waals surface area contributed by atoms with Gasteiger partial charge in [0, 0.05) is 25.1 Å². The highest BCUT2D eigenvalue weighted by Crippen LogP contribution is 2.39. The van der Waals surface area contributed by atoms with Crippen molar-refractivity contribution in [2.45, 2.75) is 32.0 Å². The molecular weight excluding hydrogens is 299 g/mol. The molecule has 23 heavy (non-hydrogen) atoms. The zero-order valence-corrected chi connectivity index (χ0v) is 12.5. The maximum Gasteiger partial charge on any atom is 0.253 e. The number of ether oxygens (including phenoxy) is 1. The topological polar surface area (TPSA) is 91.7 Å². The summed E-state index contributed by atoms with van der Waals surface area (Å²) >= 11 is 0. The average molecular weight is 314 g/mol. The molecule has 0 radical (unpaired) electrons. The van der Waals surface area contributed by atoms with Crippen molar-refractivity contribution in [3.63, 3.8) is 0 Å². The van der Waals surface area contributed by atoms with Crippen molar-refractivity contribution < 1.29 is 9.13 Å². The molecule has 3 heterocycles. The van der Waals surface area contributed by atoms with Crippen LogP contribution in [0.15, 0.2) is 24.7 Å². The molecule has 1 saturated carbocycles. The fraction of sp³-hybridized carbons (Fsp3) is 0.333. The predicted molar refractivity (Wildman–Crippen MR) is 82.0 cm³/mol. The van der Waals surface area contributed by atoms with Crippen LogP contribution in [0, 0.1) is 6.92 Å². The Morgan fingerprint density at radius 3 is 2.87 bits per heavy atom. The molecule has 0 aliphatic heterocycles. The standard InChI is InChI=1S/C15H15FN6O/c1-8-2-3-18-11(4-8)23-15-12-13(17)19-7-20-14(12)22(21-15)10-5-9(16)6-10/h2-4,7,9-10H,5-6H2,1H3,(H2,17,19,20). The lowest BCUT2D eigenvalue weighted by Gasteiger charge is -2.29. The van der Waals surface area contributed by atoms with Gasteiger partial charge < -0.3 is 10.5 Å². The maximum atomic E-state index is 13.2. The van der Waals surface area contributed by atoms with E-state index in [1.54, 1.807) is 16.9 Å². The highest BCUT2D eigenvalue weighted by Gasteiger charge is 2.34. The quantitative estimate of drug-likeness (QED) is 0.799. The summed E-state index contributed by atoms with van der Waals surface area (Å²) in [5.74, 6) is 0.982. The van der Waals surface area contributed by atoms with E-state index in [1.165, 1.54) is 6.33 Å². The molecular formula is C15H15FN6O. The molecule has 0 bridgehead atoms. The lowest BCUT2D eigenvalue weighted by Crippen LogP contribution is -2.28. The summed E-state index contributed by atoms with van der Waals surface area (Å²) < 4.78 is 20.6. The third kappa shape index (κ3) is 2.36. The largest absolute Gasteiger partial charge is 0.418 e. The van der Waals surface area contributed by atoms with Gasteiger partial charge in [0.15, 0.2) is 5.65 Å². The van der Waals surface area contributed by atoms with Gasteiger partial charge in [-0.3, -0.25) is 0 Å². The minimum absolute atomic E-state index is 0.0374. The van der Waals surface area contributed by atoms with Gasteiger partial charge in [0.25, 0.3) is 5.88 Å². The maximum absolute atomic E-state index is 13.2. The van der Waals surface area contributed by atoms with Gasteiger partial charge in [0.1, 0.15) is 23.7 Å². The van der Waals surface area contributed by atoms with E-state index in [4.69, 9.17) is 10.5 Å². The Balaban J connectivity index is 1.79. The molecule has 8 heteroatoms. The van der Waals surface area contributed by atoms with Crippen LogP contribution in [0.3, 0.4) is 0 Å². The first-order valence-electron chi connectivity index (χ1n) is 7.35. The Kier molecular flexibility index (Phi) is 3.10. The molecule has 7 nitrogen and oxygen atoms in total. The van der Waals surface area contributed by atoms with E-state index in [0.29, 0.717) is 35.6 Å². The number of anilines is 1. The van der Waals surface area contributed by atoms with Crippen LogP contribution in [0.25, 0.3) is 11.0 Å². The summed E-state index contributed by atoms with van der Waals surface area (Å²) in [7, 11) is 0. The van der Waals surface area contributed by atoms with E-state index in [9.17, 15) is 4.39 Å². The predicted octanol–water partition coefficient (Wildman–Crippen LogP) is 2.58. The van der Waals surface area contributed by atoms with Gasteiger partial charge in [-0.05, 0) is 18.6 Å². The van der Waals surface area contributed by atoms with Crippen molar-refractivity contribution in [3.8, 4) is 11.8 Å². The Hall–Kier alpha value is -2.77. The van der Waals surface area contributed by atoms with E-state index < -0.39 is 6.17 Å². The number of hydrogen-bond acceptors (Lipinski definition) is 6. The number of pyridine rings is 1. The van der Waals surface area contributed by atoms with E-state index >= 15 is 0 Å². The fourth-order valence-electron chi connectivity index (χ4n) is 2.67. The number of nitrogens with zero attached hydrogens (tertiary/aromatic N) is 5. The number of hydrogen-bond donors (Lipinski definition) is 1. The molecule has 0 atom stereocenters. The van der Waals surface area contributed by atoms with E-state index in [0.717, 1.165) is 5.56 Å². The van der Waals surface area contributed by atoms with Crippen molar-refractivity contribution in [2.75, 3.05) is 5.73 Å². The SMILES string of the molecule is Cc1ccnc(Oc2nn(C3CC(F)C3)c3ncnc(N)c23)c1. The molecule has 1 fully saturated rings. The Morgan fingerprint density at radius 1 is 1.30 bits per heavy atom. The molecule has 0 aromatic carbocycles. The van der Waals surface area contributed by atoms with Crippen LogP contribution >= 0.6 is 0 Å². The molecule has 3 aromatic rings. The number of rotatable bonds is 3. The van der Waals surface area contributed by atoms with Gasteiger partial charge in [-0.2, -0.15) is 0 Å². The van der Waals surface area contributed by atoms with Crippen molar-refractivity contribution in [1.82, 2.24) is 24.7 Å². The minimum Gasteiger partial charge on any atom is -0.418 e. The first-order valence-corrected chi connectivity index (χ1v) is 7.35. The number of fused-ring (bicyclic) bond motifs is 1. The highest BCUT2D eigenvalue weighted by atomic mass is 19.1. The molecule has 3 aromatic heterocycles. The lowest BCUT2D eigenvalue weighted by atomic mass is 9.91. The van der Waals surface area contributed by atoms with Crippen molar-refractivity contribution in [2.24, 2.45) is 0 Å². The van der Waals surface area contributed by atoms with Gasteiger partial charge >= 0.3 is 0 Å². The number of aromatic nitrogens is 5. The number of nitrogens with two attached hydrogens (primary N) is 1. The zero-order chi connectivity index (χ0) is 16.0. The first kappa shape index (κ1) is 13.9. The molecule has 0 spiro atoms. The summed E-state index contributed by atoms with van der Waals surface area (Å²) in [4.78, 5) is 12.4. The summed E-state index contributed by atoms with van der Waals surface area (Å²) in [6, 6.07) is 3.63. The number of aryl methyl sites for hydroxylation is 1. The van der Waals surface area contributed by atoms with Gasteiger partial charge in [-0.15, -0.1) is 5.10 Å². The molecule has 0 unspecified atom stereocenters. The number of alkyl halides is 1. The van der Waals surface area contributed by atoms with Crippen molar-refractivity contribution in [3.05, 3.63) is 30.2 Å². The average Bonchev–Trinajstić information content (AvgIpc) is 2.84. The molecule has 118 valence electrons. The smallest absolute Gasteiger partial charge is 0.253 e. The van der Waals surface area contributed by atoms with Gasteiger partial charge in [-0.1, -0.05) is 0 Å². The summed E-state index contributed by atoms with van der Waals surface area (Å²) in [6.45, 7) is 1.94. The third-order valence-electron chi connectivity index (χ3n) is 3.98. The van der Waals surface area contributed by atoms with Gasteiger partial charge in [0.2, 0.25) is 5.88 Å². The van der Waals surface area contributed by atoms with Crippen molar-refractivity contribution in [1.29, 1.82) is 0 Å². The number of nitrogen functional groups attached to an aromatic ring is 1. The Labute approximate surface area is 131 Å². The molecule has 1 aliphatic rings. The second-order valence-electron chi connectivity index (χ2n) is 5.70. The van der Waals surface area contributed by atoms with Crippen LogP contribution in [0.4, 0.5) is 10.2 Å². The van der Waals surface area contributed by atoms with Gasteiger partial charge in [-0.25, -0.2) is 24.0 Å². The third-order valence-corrected chi connectivity index (χ3v) is 3.98. The second kappa shape index (κ2) is 5.15. The first-order chi connectivity index (χ1) is 11.1. The molecule has 2 N–H and O–H groups in total. The van der Waals surface area contributed by atoms with Crippen LogP contribution in [0.2, 0.25) is 0 Å². The van der Waals surface area contributed by atoms with E-state index in [-0.39, 0.29) is 11.9 Å². The Bertz CT molecular complexity index is 874. The number of halogens is 1. The minimum atomic E-state index is -0.791. The van der Waals surface area contributed by atoms with Crippen LogP contribution < -0.4 is 10.5 Å². The molecule has 0 saturated heterocycles. The molecule has 1 aliphatic carbocycles. The zero-order valence-electron chi connectivity index (χ0n) is 12.5. The lowest BCUT2D eigenvalue weighted by molar-refractivity contribution is 0.129. The van der Waals surface area contributed by atoms with Gasteiger partial charge in [0.05, 0.1) is 6.04 Å². The molecule has 0 amide bonds. The monoisotopic (exact) mass is 314 g/mol. The van der Waals surface area contributed by atoms with Crippen LogP contribution in [0.1, 0.15) is 24.4 Å². The normalized spacial score (nSPS) is 20.4. The summed E-state index contributed by atoms with van der Waals surface area (Å²) in [6.07, 6.45) is 3.08. The van der Waals surface area contributed by atoms with E-state index in [2.05, 4.69) is 20.1 Å². The fourth-order valence-corrected chi connectivity index (χ4v) is 2.67. The van der Waals surface area contributed by atoms with E-state index in [1.807, 2.05) is 13.0 Å².